The fourth-order valence-corrected chi connectivity index (χ4v) is 8.71. The van der Waals surface area contributed by atoms with Crippen LogP contribution in [0.15, 0.2) is 12.2 Å². The lowest BCUT2D eigenvalue weighted by molar-refractivity contribution is -0.472. The molecule has 2 heterocycles. The summed E-state index contributed by atoms with van der Waals surface area (Å²) in [5, 5.41) is 35.4. The Labute approximate surface area is 187 Å². The molecule has 8 heteroatoms. The summed E-state index contributed by atoms with van der Waals surface area (Å²) in [5.74, 6) is -4.22. The summed E-state index contributed by atoms with van der Waals surface area (Å²) in [6.07, 6.45) is -1.67. The van der Waals surface area contributed by atoms with Crippen molar-refractivity contribution >= 4 is 11.9 Å². The standard InChI is InChI=1S/C24H34O8/c1-11-14-8-15(31-12(2)25)17-22-10-30-24(29,23(17,9-14)19(11)28)20(32-13(3)26)18(22)21(4,5)7-6-16(22)27/h14-20,27-29H,1,6-10H2,2-5H3/t14-,15+,16+,17+,18-,19-,20+,22+,23+,24-/m1/s1. The van der Waals surface area contributed by atoms with Gasteiger partial charge in [0.15, 0.2) is 6.10 Å². The van der Waals surface area contributed by atoms with Crippen molar-refractivity contribution in [3.63, 3.8) is 0 Å². The number of esters is 2. The highest BCUT2D eigenvalue weighted by molar-refractivity contribution is 5.67. The number of ether oxygens (including phenoxy) is 3. The summed E-state index contributed by atoms with van der Waals surface area (Å²) in [6.45, 7) is 10.9. The highest BCUT2D eigenvalue weighted by atomic mass is 16.7. The van der Waals surface area contributed by atoms with Crippen LogP contribution in [0.5, 0.6) is 0 Å². The molecule has 178 valence electrons. The molecular formula is C24H34O8. The van der Waals surface area contributed by atoms with Gasteiger partial charge in [-0.3, -0.25) is 9.59 Å². The van der Waals surface area contributed by atoms with Crippen molar-refractivity contribution in [1.29, 1.82) is 0 Å². The van der Waals surface area contributed by atoms with Gasteiger partial charge >= 0.3 is 11.9 Å². The number of aliphatic hydroxyl groups excluding tert-OH is 2. The van der Waals surface area contributed by atoms with Crippen LogP contribution in [0.4, 0.5) is 0 Å². The van der Waals surface area contributed by atoms with Crippen molar-refractivity contribution in [3.8, 4) is 0 Å². The molecule has 2 aliphatic heterocycles. The fourth-order valence-electron chi connectivity index (χ4n) is 8.71. The van der Waals surface area contributed by atoms with Gasteiger partial charge in [0.05, 0.1) is 24.2 Å². The Morgan fingerprint density at radius 2 is 1.78 bits per heavy atom. The van der Waals surface area contributed by atoms with Gasteiger partial charge in [0, 0.05) is 31.1 Å². The van der Waals surface area contributed by atoms with Crippen LogP contribution in [0.2, 0.25) is 0 Å². The molecule has 6 aliphatic rings. The normalized spacial score (nSPS) is 52.7. The van der Waals surface area contributed by atoms with E-state index in [-0.39, 0.29) is 12.5 Å². The predicted molar refractivity (Wildman–Crippen MR) is 111 cm³/mol. The van der Waals surface area contributed by atoms with Crippen molar-refractivity contribution < 1.29 is 39.1 Å². The van der Waals surface area contributed by atoms with Crippen molar-refractivity contribution in [3.05, 3.63) is 12.2 Å². The van der Waals surface area contributed by atoms with E-state index in [9.17, 15) is 24.9 Å². The van der Waals surface area contributed by atoms with Gasteiger partial charge in [0.25, 0.3) is 0 Å². The lowest BCUT2D eigenvalue weighted by atomic mass is 9.35. The van der Waals surface area contributed by atoms with Gasteiger partial charge in [-0.25, -0.2) is 0 Å². The fraction of sp³-hybridized carbons (Fsp3) is 0.833. The Morgan fingerprint density at radius 3 is 2.41 bits per heavy atom. The van der Waals surface area contributed by atoms with Gasteiger partial charge < -0.3 is 29.5 Å². The summed E-state index contributed by atoms with van der Waals surface area (Å²) in [5.41, 5.74) is -2.12. The van der Waals surface area contributed by atoms with E-state index in [1.165, 1.54) is 13.8 Å². The summed E-state index contributed by atoms with van der Waals surface area (Å²) in [7, 11) is 0. The third kappa shape index (κ3) is 2.37. The molecule has 3 N–H and O–H groups in total. The van der Waals surface area contributed by atoms with E-state index in [1.807, 2.05) is 0 Å². The molecule has 0 unspecified atom stereocenters. The van der Waals surface area contributed by atoms with E-state index >= 15 is 0 Å². The van der Waals surface area contributed by atoms with E-state index in [1.54, 1.807) is 0 Å². The molecule has 0 aromatic heterocycles. The Balaban J connectivity index is 1.80. The molecule has 4 aliphatic carbocycles. The molecule has 6 fully saturated rings. The molecule has 0 radical (unpaired) electrons. The molecule has 32 heavy (non-hydrogen) atoms. The predicted octanol–water partition coefficient (Wildman–Crippen LogP) is 1.31. The summed E-state index contributed by atoms with van der Waals surface area (Å²) in [4.78, 5) is 24.3. The van der Waals surface area contributed by atoms with E-state index in [2.05, 4.69) is 20.4 Å². The van der Waals surface area contributed by atoms with Gasteiger partial charge in [-0.1, -0.05) is 20.4 Å². The average molecular weight is 451 g/mol. The van der Waals surface area contributed by atoms with Gasteiger partial charge in [-0.2, -0.15) is 0 Å². The zero-order chi connectivity index (χ0) is 23.4. The topological polar surface area (TPSA) is 123 Å². The van der Waals surface area contributed by atoms with Crippen molar-refractivity contribution in [2.75, 3.05) is 6.61 Å². The monoisotopic (exact) mass is 450 g/mol. The zero-order valence-corrected chi connectivity index (χ0v) is 19.2. The van der Waals surface area contributed by atoms with E-state index in [0.717, 1.165) is 0 Å². The number of rotatable bonds is 2. The van der Waals surface area contributed by atoms with Crippen LogP contribution in [0.1, 0.15) is 53.4 Å². The van der Waals surface area contributed by atoms with Crippen molar-refractivity contribution in [2.45, 2.75) is 83.6 Å². The van der Waals surface area contributed by atoms with Crippen LogP contribution >= 0.6 is 0 Å². The highest BCUT2D eigenvalue weighted by Crippen LogP contribution is 2.78. The minimum atomic E-state index is -2.00. The van der Waals surface area contributed by atoms with E-state index < -0.39 is 70.2 Å². The minimum absolute atomic E-state index is 0.0323. The van der Waals surface area contributed by atoms with E-state index in [4.69, 9.17) is 14.2 Å². The molecular weight excluding hydrogens is 416 g/mol. The Morgan fingerprint density at radius 1 is 1.12 bits per heavy atom. The lowest BCUT2D eigenvalue weighted by Gasteiger charge is -2.75. The number of fused-ring (bicyclic) bond motifs is 2. The molecule has 0 amide bonds. The molecule has 10 atom stereocenters. The lowest BCUT2D eigenvalue weighted by Crippen LogP contribution is -2.86. The van der Waals surface area contributed by atoms with Crippen LogP contribution in [0, 0.1) is 34.0 Å². The maximum Gasteiger partial charge on any atom is 0.303 e. The molecule has 0 aromatic carbocycles. The number of hydrogen-bond donors (Lipinski definition) is 3. The first-order valence-corrected chi connectivity index (χ1v) is 11.6. The average Bonchev–Trinajstić information content (AvgIpc) is 2.88. The second kappa shape index (κ2) is 6.56. The third-order valence-corrected chi connectivity index (χ3v) is 9.58. The van der Waals surface area contributed by atoms with Crippen LogP contribution < -0.4 is 0 Å². The Hall–Kier alpha value is -1.48. The first kappa shape index (κ1) is 22.3. The number of aliphatic hydroxyl groups is 3. The Kier molecular flexibility index (Phi) is 4.57. The van der Waals surface area contributed by atoms with Gasteiger partial charge in [-0.05, 0) is 42.6 Å². The summed E-state index contributed by atoms with van der Waals surface area (Å²) < 4.78 is 17.8. The molecule has 4 bridgehead atoms. The van der Waals surface area contributed by atoms with Crippen LogP contribution in [0.25, 0.3) is 0 Å². The zero-order valence-electron chi connectivity index (χ0n) is 19.2. The second-order valence-electron chi connectivity index (χ2n) is 11.4. The molecule has 0 aromatic rings. The molecule has 4 saturated carbocycles. The largest absolute Gasteiger partial charge is 0.462 e. The number of carbonyl (C=O) groups is 2. The van der Waals surface area contributed by atoms with E-state index in [0.29, 0.717) is 31.3 Å². The summed E-state index contributed by atoms with van der Waals surface area (Å²) in [6, 6.07) is 0. The molecule has 8 nitrogen and oxygen atoms in total. The maximum absolute atomic E-state index is 12.3. The molecule has 2 spiro atoms. The van der Waals surface area contributed by atoms with Crippen LogP contribution in [-0.2, 0) is 23.8 Å². The minimum Gasteiger partial charge on any atom is -0.462 e. The van der Waals surface area contributed by atoms with Gasteiger partial charge in [0.2, 0.25) is 5.79 Å². The Bertz CT molecular complexity index is 883. The van der Waals surface area contributed by atoms with Gasteiger partial charge in [-0.15, -0.1) is 0 Å². The number of carbonyl (C=O) groups excluding carboxylic acids is 2. The quantitative estimate of drug-likeness (QED) is 0.425. The molecule has 2 saturated heterocycles. The van der Waals surface area contributed by atoms with Crippen molar-refractivity contribution in [2.24, 2.45) is 34.0 Å². The van der Waals surface area contributed by atoms with Crippen molar-refractivity contribution in [1.82, 2.24) is 0 Å². The highest BCUT2D eigenvalue weighted by Gasteiger charge is 2.86. The maximum atomic E-state index is 12.3. The van der Waals surface area contributed by atoms with Crippen LogP contribution in [-0.4, -0.2) is 64.1 Å². The second-order valence-corrected chi connectivity index (χ2v) is 11.4. The molecule has 6 rings (SSSR count). The number of hydrogen-bond acceptors (Lipinski definition) is 8. The first-order valence-electron chi connectivity index (χ1n) is 11.6. The smallest absolute Gasteiger partial charge is 0.303 e. The van der Waals surface area contributed by atoms with Crippen LogP contribution in [0.3, 0.4) is 0 Å². The first-order chi connectivity index (χ1) is 14.8. The summed E-state index contributed by atoms with van der Waals surface area (Å²) >= 11 is 0. The SMILES string of the molecule is C=C1[C@@H]2C[C@H](OC(C)=O)[C@H]3[C@@]45CO[C@](O)([C@@H](OC(C)=O)[C@@H]4C(C)(C)CC[C@@H]5O)[C@]3(C2)[C@@H]1O. The third-order valence-electron chi connectivity index (χ3n) is 9.58. The van der Waals surface area contributed by atoms with Gasteiger partial charge in [0.1, 0.15) is 6.10 Å².